The number of amides is 1. The van der Waals surface area contributed by atoms with Crippen LogP contribution in [-0.2, 0) is 38.0 Å². The first-order chi connectivity index (χ1) is 38.8. The first-order valence-corrected chi connectivity index (χ1v) is 33.6. The Kier molecular flexibility index (Phi) is 25.7. The molecule has 4 saturated heterocycles. The van der Waals surface area contributed by atoms with Gasteiger partial charge < -0.3 is 63.8 Å². The molecule has 0 spiro atoms. The number of carbonyl (C=O) groups excluding carboxylic acids is 2. The summed E-state index contributed by atoms with van der Waals surface area (Å²) in [6, 6.07) is 21.4. The smallest absolute Gasteiger partial charge is 0.309 e. The van der Waals surface area contributed by atoms with Gasteiger partial charge in [-0.25, -0.2) is 0 Å². The molecule has 466 valence electrons. The van der Waals surface area contributed by atoms with E-state index >= 15 is 0 Å². The van der Waals surface area contributed by atoms with Gasteiger partial charge in [0, 0.05) is 51.3 Å². The van der Waals surface area contributed by atoms with Gasteiger partial charge in [-0.2, -0.15) is 0 Å². The van der Waals surface area contributed by atoms with Crippen LogP contribution in [0.5, 0.6) is 0 Å². The van der Waals surface area contributed by atoms with E-state index in [0.29, 0.717) is 18.5 Å². The van der Waals surface area contributed by atoms with Crippen molar-refractivity contribution in [1.82, 2.24) is 9.80 Å². The molecule has 0 aromatic heterocycles. The van der Waals surface area contributed by atoms with E-state index in [1.165, 1.54) is 56.5 Å². The Balaban J connectivity index is 1.15. The molecule has 0 bridgehead atoms. The number of ether oxygens (including phenoxy) is 6. The zero-order valence-electron chi connectivity index (χ0n) is 52.5. The molecule has 1 amide bonds. The van der Waals surface area contributed by atoms with Gasteiger partial charge in [-0.3, -0.25) is 9.59 Å². The van der Waals surface area contributed by atoms with Gasteiger partial charge in [0.05, 0.1) is 90.5 Å². The number of hydrogen-bond acceptors (Lipinski definition) is 14. The molecular weight excluding hydrogens is 1060 g/mol. The molecule has 4 heterocycles. The number of aliphatic hydroxyl groups is 5. The third kappa shape index (κ3) is 16.5. The molecule has 5 N–H and O–H groups in total. The first kappa shape index (κ1) is 68.5. The van der Waals surface area contributed by atoms with Crippen LogP contribution in [0.1, 0.15) is 172 Å². The lowest BCUT2D eigenvalue weighted by Crippen LogP contribution is -2.61. The lowest BCUT2D eigenvalue weighted by Gasteiger charge is -2.51. The molecule has 0 saturated carbocycles. The van der Waals surface area contributed by atoms with Crippen LogP contribution in [0.2, 0.25) is 0 Å². The average Bonchev–Trinajstić information content (AvgIpc) is 2.38. The van der Waals surface area contributed by atoms with Crippen LogP contribution in [-0.4, -0.2) is 184 Å². The van der Waals surface area contributed by atoms with Crippen LogP contribution in [0.25, 0.3) is 0 Å². The number of hydrogen-bond donors (Lipinski definition) is 5. The van der Waals surface area contributed by atoms with Crippen LogP contribution in [0.4, 0.5) is 0 Å². The second-order valence-corrected chi connectivity index (χ2v) is 30.3. The quantitative estimate of drug-likeness (QED) is 0.0452. The van der Waals surface area contributed by atoms with Gasteiger partial charge in [0.2, 0.25) is 5.91 Å². The minimum Gasteiger partial charge on any atom is -0.459 e. The van der Waals surface area contributed by atoms with Crippen molar-refractivity contribution in [3.8, 4) is 0 Å². The largest absolute Gasteiger partial charge is 0.459 e. The standard InChI is InChI=1S/C66H110N2O13P/c1-14-55-66(10,75)59(71)48(6)68(56(69)34-28-20-18-16-15-17-19-21-29-39-82(50-30-24-22-25-31-50,51-32-26-23-27-33-51)52-35-37-77-38-36-52)43-44(2)41-64(8,74)61(81-63-58(70)53(67(11)12)40-45(3)78-63)46(4)57(47(5)62(73)80-55)54-42-65(9,76-13)60(72)49(7)79-54/h22-27,30-33,44-49,52-55,57-61,63,70-72,74-75H,14-21,28-29,34-43H2,1-13H3/q+1/t44-,45-,46+,47-,48-,49+,53+,54?,55-,57+,58-,59-,60+,61-,63+,64-,65-,66-/m1/s1. The normalized spacial score (nSPS) is 37.0. The van der Waals surface area contributed by atoms with E-state index < -0.39 is 103 Å². The fraction of sp³-hybridized carbons (Fsp3) is 0.788. The summed E-state index contributed by atoms with van der Waals surface area (Å²) in [4.78, 5) is 33.0. The first-order valence-electron chi connectivity index (χ1n) is 31.6. The SMILES string of the molecule is CC[C@H]1OC(=O)[C@H](C)[C@@H](C2C[C@@](C)(OC)[C@@H](O)[C@H](C)O2)[C@H](C)[C@@H](O[C@@H]2O[C@H](C)C[C@H](N(C)C)[C@H]2O)[C@](C)(O)C[C@@H](C)CN(C(=O)CCCCCCCCCCC[P+](c2ccccc2)(c2ccccc2)C2CCOCC2)[C@H](C)[C@@H](O)[C@]1(C)O. The summed E-state index contributed by atoms with van der Waals surface area (Å²) in [5.41, 5.74) is -4.08. The number of carbonyl (C=O) groups is 2. The third-order valence-electron chi connectivity index (χ3n) is 19.7. The minimum absolute atomic E-state index is 0.110. The number of esters is 1. The molecule has 15 nitrogen and oxygen atoms in total. The summed E-state index contributed by atoms with van der Waals surface area (Å²) in [6.07, 6.45) is 5.53. The molecule has 0 aliphatic carbocycles. The highest BCUT2D eigenvalue weighted by Gasteiger charge is 2.56. The van der Waals surface area contributed by atoms with Gasteiger partial charge in [0.25, 0.3) is 0 Å². The van der Waals surface area contributed by atoms with E-state index in [4.69, 9.17) is 28.4 Å². The number of benzene rings is 2. The summed E-state index contributed by atoms with van der Waals surface area (Å²) in [5.74, 6) is -3.61. The Bertz CT molecular complexity index is 2180. The van der Waals surface area contributed by atoms with E-state index in [-0.39, 0.29) is 56.2 Å². The molecule has 18 atom stereocenters. The molecule has 4 aliphatic heterocycles. The van der Waals surface area contributed by atoms with E-state index in [9.17, 15) is 35.1 Å². The molecule has 4 fully saturated rings. The molecule has 2 aromatic carbocycles. The second kappa shape index (κ2) is 30.8. The van der Waals surface area contributed by atoms with Gasteiger partial charge in [-0.15, -0.1) is 0 Å². The van der Waals surface area contributed by atoms with Crippen molar-refractivity contribution in [2.45, 2.75) is 262 Å². The molecule has 6 rings (SSSR count). The zero-order chi connectivity index (χ0) is 60.2. The van der Waals surface area contributed by atoms with Crippen LogP contribution >= 0.6 is 7.26 Å². The maximum Gasteiger partial charge on any atom is 0.309 e. The Morgan fingerprint density at radius 2 is 1.34 bits per heavy atom. The third-order valence-corrected chi connectivity index (χ3v) is 25.0. The lowest BCUT2D eigenvalue weighted by atomic mass is 9.68. The predicted molar refractivity (Wildman–Crippen MR) is 326 cm³/mol. The second-order valence-electron chi connectivity index (χ2n) is 26.4. The van der Waals surface area contributed by atoms with Crippen molar-refractivity contribution in [2.75, 3.05) is 47.1 Å². The summed E-state index contributed by atoms with van der Waals surface area (Å²) in [5, 5.41) is 64.0. The van der Waals surface area contributed by atoms with Crippen LogP contribution in [0, 0.1) is 23.7 Å². The summed E-state index contributed by atoms with van der Waals surface area (Å²) >= 11 is 0. The lowest BCUT2D eigenvalue weighted by molar-refractivity contribution is -0.302. The minimum atomic E-state index is -1.98. The van der Waals surface area contributed by atoms with Gasteiger partial charge in [-0.1, -0.05) is 103 Å². The van der Waals surface area contributed by atoms with Crippen molar-refractivity contribution in [3.63, 3.8) is 0 Å². The molecular formula is C66H110N2O13P+. The molecule has 0 radical (unpaired) electrons. The highest BCUT2D eigenvalue weighted by atomic mass is 31.2. The average molecular weight is 1170 g/mol. The molecule has 1 unspecified atom stereocenters. The van der Waals surface area contributed by atoms with Crippen molar-refractivity contribution >= 4 is 29.7 Å². The number of unbranched alkanes of at least 4 members (excludes halogenated alkanes) is 8. The highest BCUT2D eigenvalue weighted by molar-refractivity contribution is 7.90. The van der Waals surface area contributed by atoms with Gasteiger partial charge in [0.1, 0.15) is 30.0 Å². The Morgan fingerprint density at radius 3 is 1.89 bits per heavy atom. The monoisotopic (exact) mass is 1170 g/mol. The summed E-state index contributed by atoms with van der Waals surface area (Å²) in [7, 11) is 3.68. The van der Waals surface area contributed by atoms with E-state index in [2.05, 4.69) is 60.7 Å². The molecule has 2 aromatic rings. The molecule has 4 aliphatic rings. The fourth-order valence-corrected chi connectivity index (χ4v) is 20.2. The number of nitrogens with zero attached hydrogens (tertiary/aromatic N) is 2. The van der Waals surface area contributed by atoms with E-state index in [0.717, 1.165) is 51.7 Å². The Morgan fingerprint density at radius 1 is 0.780 bits per heavy atom. The Labute approximate surface area is 494 Å². The van der Waals surface area contributed by atoms with E-state index in [1.807, 2.05) is 46.7 Å². The van der Waals surface area contributed by atoms with Gasteiger partial charge in [0.15, 0.2) is 6.29 Å². The van der Waals surface area contributed by atoms with Crippen molar-refractivity contribution < 1.29 is 63.5 Å². The van der Waals surface area contributed by atoms with Crippen LogP contribution in [0.3, 0.4) is 0 Å². The highest BCUT2D eigenvalue weighted by Crippen LogP contribution is 2.64. The van der Waals surface area contributed by atoms with Crippen molar-refractivity contribution in [1.29, 1.82) is 0 Å². The maximum absolute atomic E-state index is 14.8. The number of rotatable bonds is 21. The van der Waals surface area contributed by atoms with E-state index in [1.54, 1.807) is 39.5 Å². The van der Waals surface area contributed by atoms with Gasteiger partial charge in [-0.05, 0) is 130 Å². The maximum atomic E-state index is 14.8. The topological polar surface area (TPSA) is 197 Å². The van der Waals surface area contributed by atoms with Crippen LogP contribution in [0.15, 0.2) is 60.7 Å². The molecule has 16 heteroatoms. The zero-order valence-corrected chi connectivity index (χ0v) is 53.4. The van der Waals surface area contributed by atoms with Crippen LogP contribution < -0.4 is 10.6 Å². The number of methoxy groups -OCH3 is 1. The fourth-order valence-electron chi connectivity index (χ4n) is 14.9. The summed E-state index contributed by atoms with van der Waals surface area (Å²) < 4.78 is 38.1. The van der Waals surface area contributed by atoms with Crippen molar-refractivity contribution in [3.05, 3.63) is 60.7 Å². The molecule has 82 heavy (non-hydrogen) atoms. The Hall–Kier alpha value is -2.63. The van der Waals surface area contributed by atoms with Gasteiger partial charge >= 0.3 is 5.97 Å². The summed E-state index contributed by atoms with van der Waals surface area (Å²) in [6.45, 7) is 19.6. The van der Waals surface area contributed by atoms with Crippen molar-refractivity contribution in [2.24, 2.45) is 23.7 Å². The number of cyclic esters (lactones) is 1. The number of aliphatic hydroxyl groups excluding tert-OH is 3. The predicted octanol–water partition coefficient (Wildman–Crippen LogP) is 8.82. The number of likely N-dealkylation sites (N-methyl/N-ethyl adjacent to an activating group) is 1.